The quantitative estimate of drug-likeness (QED) is 0.505. The number of hydrogen-bond donors (Lipinski definition) is 1. The molecule has 0 aliphatic heterocycles. The van der Waals surface area contributed by atoms with Crippen LogP contribution in [0.15, 0.2) is 29.3 Å². The fourth-order valence-electron chi connectivity index (χ4n) is 1.64. The van der Waals surface area contributed by atoms with Crippen molar-refractivity contribution in [3.8, 4) is 5.75 Å². The summed E-state index contributed by atoms with van der Waals surface area (Å²) in [6.07, 6.45) is 2.43. The number of guanidine groups is 1. The molecule has 0 bridgehead atoms. The third kappa shape index (κ3) is 3.81. The van der Waals surface area contributed by atoms with Gasteiger partial charge in [-0.05, 0) is 31.0 Å². The number of nitrogens with two attached hydrogens (primary N) is 1. The lowest BCUT2D eigenvalue weighted by atomic mass is 10.3. The van der Waals surface area contributed by atoms with Gasteiger partial charge in [0.1, 0.15) is 12.4 Å². The highest BCUT2D eigenvalue weighted by Gasteiger charge is 2.27. The second-order valence-electron chi connectivity index (χ2n) is 4.39. The summed E-state index contributed by atoms with van der Waals surface area (Å²) in [5.74, 6) is 1.35. The Bertz CT molecular complexity index is 432. The van der Waals surface area contributed by atoms with Crippen molar-refractivity contribution in [2.24, 2.45) is 10.7 Å². The van der Waals surface area contributed by atoms with Crippen LogP contribution in [0.4, 0.5) is 0 Å². The van der Waals surface area contributed by atoms with Gasteiger partial charge in [0.2, 0.25) is 0 Å². The largest absolute Gasteiger partial charge is 0.492 e. The van der Waals surface area contributed by atoms with Gasteiger partial charge in [-0.1, -0.05) is 17.7 Å². The zero-order valence-electron chi connectivity index (χ0n) is 10.5. The average Bonchev–Trinajstić information content (AvgIpc) is 3.17. The molecule has 0 amide bonds. The Kier molecular flexibility index (Phi) is 4.31. The first-order valence-electron chi connectivity index (χ1n) is 6.08. The second-order valence-corrected chi connectivity index (χ2v) is 4.82. The third-order valence-electron chi connectivity index (χ3n) is 2.89. The summed E-state index contributed by atoms with van der Waals surface area (Å²) in [5.41, 5.74) is 5.86. The standard InChI is InChI=1S/C13H18ClN3O/c1-17(11-5-6-11)13(15)16-7-8-18-12-4-2-3-10(14)9-12/h2-4,9,11H,5-8H2,1H3,(H2,15,16). The van der Waals surface area contributed by atoms with Crippen LogP contribution in [0.3, 0.4) is 0 Å². The lowest BCUT2D eigenvalue weighted by molar-refractivity contribution is 0.327. The van der Waals surface area contributed by atoms with Gasteiger partial charge in [-0.3, -0.25) is 0 Å². The number of nitrogens with zero attached hydrogens (tertiary/aromatic N) is 2. The van der Waals surface area contributed by atoms with Crippen molar-refractivity contribution in [1.29, 1.82) is 0 Å². The van der Waals surface area contributed by atoms with Crippen LogP contribution in [0.25, 0.3) is 0 Å². The highest BCUT2D eigenvalue weighted by atomic mass is 35.5. The summed E-state index contributed by atoms with van der Waals surface area (Å²) in [6, 6.07) is 7.91. The molecule has 1 aliphatic rings. The molecule has 4 nitrogen and oxygen atoms in total. The molecule has 0 aromatic heterocycles. The highest BCUT2D eigenvalue weighted by Crippen LogP contribution is 2.24. The Morgan fingerprint density at radius 2 is 2.33 bits per heavy atom. The van der Waals surface area contributed by atoms with Gasteiger partial charge in [-0.25, -0.2) is 4.99 Å². The summed E-state index contributed by atoms with van der Waals surface area (Å²) in [6.45, 7) is 1.05. The monoisotopic (exact) mass is 267 g/mol. The lowest BCUT2D eigenvalue weighted by Crippen LogP contribution is -2.36. The molecule has 5 heteroatoms. The van der Waals surface area contributed by atoms with Gasteiger partial charge in [0.25, 0.3) is 0 Å². The second kappa shape index (κ2) is 5.96. The Morgan fingerprint density at radius 1 is 1.56 bits per heavy atom. The number of halogens is 1. The maximum absolute atomic E-state index is 5.86. The van der Waals surface area contributed by atoms with Gasteiger partial charge in [0.15, 0.2) is 5.96 Å². The van der Waals surface area contributed by atoms with E-state index in [0.717, 1.165) is 5.75 Å². The molecule has 98 valence electrons. The average molecular weight is 268 g/mol. The van der Waals surface area contributed by atoms with E-state index in [4.69, 9.17) is 22.1 Å². The number of ether oxygens (including phenoxy) is 1. The Hall–Kier alpha value is -1.42. The van der Waals surface area contributed by atoms with Crippen molar-refractivity contribution < 1.29 is 4.74 Å². The Balaban J connectivity index is 1.73. The summed E-state index contributed by atoms with van der Waals surface area (Å²) in [7, 11) is 1.98. The first-order chi connectivity index (χ1) is 8.66. The van der Waals surface area contributed by atoms with Crippen molar-refractivity contribution in [2.75, 3.05) is 20.2 Å². The molecule has 1 aromatic carbocycles. The molecule has 1 aliphatic carbocycles. The van der Waals surface area contributed by atoms with Crippen LogP contribution in [0.2, 0.25) is 5.02 Å². The SMILES string of the molecule is CN(C(N)=NCCOc1cccc(Cl)c1)C1CC1. The topological polar surface area (TPSA) is 50.8 Å². The number of hydrogen-bond acceptors (Lipinski definition) is 2. The van der Waals surface area contributed by atoms with E-state index in [1.165, 1.54) is 12.8 Å². The molecule has 2 N–H and O–H groups in total. The van der Waals surface area contributed by atoms with Gasteiger partial charge in [0.05, 0.1) is 6.54 Å². The smallest absolute Gasteiger partial charge is 0.191 e. The number of aliphatic imine (C=N–C) groups is 1. The molecule has 1 fully saturated rings. The van der Waals surface area contributed by atoms with Crippen LogP contribution in [0.5, 0.6) is 5.75 Å². The summed E-state index contributed by atoms with van der Waals surface area (Å²) < 4.78 is 5.53. The van der Waals surface area contributed by atoms with Crippen LogP contribution in [-0.2, 0) is 0 Å². The minimum Gasteiger partial charge on any atom is -0.492 e. The summed E-state index contributed by atoms with van der Waals surface area (Å²) >= 11 is 5.86. The van der Waals surface area contributed by atoms with E-state index in [2.05, 4.69) is 4.99 Å². The van der Waals surface area contributed by atoms with Crippen LogP contribution in [-0.4, -0.2) is 37.1 Å². The van der Waals surface area contributed by atoms with E-state index in [1.54, 1.807) is 6.07 Å². The molecule has 0 saturated heterocycles. The Labute approximate surface area is 112 Å². The maximum atomic E-state index is 5.86. The predicted molar refractivity (Wildman–Crippen MR) is 74.2 cm³/mol. The van der Waals surface area contributed by atoms with Crippen LogP contribution < -0.4 is 10.5 Å². The molecule has 0 radical (unpaired) electrons. The molecule has 0 atom stereocenters. The normalized spacial score (nSPS) is 15.6. The van der Waals surface area contributed by atoms with Gasteiger partial charge in [-0.15, -0.1) is 0 Å². The van der Waals surface area contributed by atoms with Crippen molar-refractivity contribution in [3.63, 3.8) is 0 Å². The summed E-state index contributed by atoms with van der Waals surface area (Å²) in [5, 5.41) is 0.670. The van der Waals surface area contributed by atoms with E-state index in [1.807, 2.05) is 30.1 Å². The molecule has 18 heavy (non-hydrogen) atoms. The van der Waals surface area contributed by atoms with Crippen LogP contribution in [0, 0.1) is 0 Å². The molecule has 0 unspecified atom stereocenters. The zero-order valence-corrected chi connectivity index (χ0v) is 11.2. The minimum absolute atomic E-state index is 0.500. The van der Waals surface area contributed by atoms with Gasteiger partial charge >= 0.3 is 0 Å². The fourth-order valence-corrected chi connectivity index (χ4v) is 1.82. The molecule has 0 heterocycles. The van der Waals surface area contributed by atoms with E-state index in [-0.39, 0.29) is 0 Å². The number of rotatable bonds is 5. The first-order valence-corrected chi connectivity index (χ1v) is 6.46. The molecular formula is C13H18ClN3O. The molecular weight excluding hydrogens is 250 g/mol. The maximum Gasteiger partial charge on any atom is 0.191 e. The van der Waals surface area contributed by atoms with Crippen molar-refractivity contribution in [3.05, 3.63) is 29.3 Å². The predicted octanol–water partition coefficient (Wildman–Crippen LogP) is 2.13. The van der Waals surface area contributed by atoms with E-state index in [0.29, 0.717) is 30.2 Å². The van der Waals surface area contributed by atoms with Crippen molar-refractivity contribution in [2.45, 2.75) is 18.9 Å². The third-order valence-corrected chi connectivity index (χ3v) is 3.12. The van der Waals surface area contributed by atoms with Gasteiger partial charge in [0, 0.05) is 18.1 Å². The van der Waals surface area contributed by atoms with E-state index in [9.17, 15) is 0 Å². The van der Waals surface area contributed by atoms with Gasteiger partial charge < -0.3 is 15.4 Å². The summed E-state index contributed by atoms with van der Waals surface area (Å²) in [4.78, 5) is 6.31. The lowest BCUT2D eigenvalue weighted by Gasteiger charge is -2.16. The number of benzene rings is 1. The first kappa shape index (κ1) is 13.0. The van der Waals surface area contributed by atoms with Crippen molar-refractivity contribution >= 4 is 17.6 Å². The molecule has 1 saturated carbocycles. The van der Waals surface area contributed by atoms with Crippen molar-refractivity contribution in [1.82, 2.24) is 4.90 Å². The zero-order chi connectivity index (χ0) is 13.0. The molecule has 2 rings (SSSR count). The minimum atomic E-state index is 0.500. The highest BCUT2D eigenvalue weighted by molar-refractivity contribution is 6.30. The van der Waals surface area contributed by atoms with Crippen LogP contribution >= 0.6 is 11.6 Å². The Morgan fingerprint density at radius 3 is 3.00 bits per heavy atom. The van der Waals surface area contributed by atoms with Crippen LogP contribution in [0.1, 0.15) is 12.8 Å². The molecule has 1 aromatic rings. The van der Waals surface area contributed by atoms with E-state index < -0.39 is 0 Å². The fraction of sp³-hybridized carbons (Fsp3) is 0.462. The van der Waals surface area contributed by atoms with Gasteiger partial charge in [-0.2, -0.15) is 0 Å². The molecule has 0 spiro atoms. The van der Waals surface area contributed by atoms with E-state index >= 15 is 0 Å².